The van der Waals surface area contributed by atoms with E-state index in [0.717, 1.165) is 11.1 Å². The van der Waals surface area contributed by atoms with E-state index >= 15 is 0 Å². The second kappa shape index (κ2) is 8.23. The molecule has 0 saturated carbocycles. The van der Waals surface area contributed by atoms with Crippen LogP contribution in [0.4, 0.5) is 4.79 Å². The van der Waals surface area contributed by atoms with Gasteiger partial charge in [-0.2, -0.15) is 0 Å². The Hall–Kier alpha value is -1.99. The van der Waals surface area contributed by atoms with Crippen molar-refractivity contribution in [1.29, 1.82) is 0 Å². The van der Waals surface area contributed by atoms with E-state index in [-0.39, 0.29) is 18.7 Å². The van der Waals surface area contributed by atoms with E-state index in [9.17, 15) is 4.79 Å². The summed E-state index contributed by atoms with van der Waals surface area (Å²) in [7, 11) is 0. The number of carbonyl (C=O) groups excluding carboxylic acids is 1. The number of rotatable bonds is 4. The van der Waals surface area contributed by atoms with Crippen LogP contribution >= 0.6 is 0 Å². The number of hydrogen-bond donors (Lipinski definition) is 2. The highest BCUT2D eigenvalue weighted by atomic mass is 16.2. The van der Waals surface area contributed by atoms with Crippen LogP contribution in [0.3, 0.4) is 0 Å². The highest BCUT2D eigenvalue weighted by Gasteiger charge is 2.13. The Balaban J connectivity index is 2.77. The monoisotopic (exact) mass is 274 g/mol. The van der Waals surface area contributed by atoms with Gasteiger partial charge in [0.2, 0.25) is 0 Å². The van der Waals surface area contributed by atoms with Crippen molar-refractivity contribution in [3.05, 3.63) is 35.4 Å². The fourth-order valence-corrected chi connectivity index (χ4v) is 1.90. The summed E-state index contributed by atoms with van der Waals surface area (Å²) in [5.41, 5.74) is 1.83. The van der Waals surface area contributed by atoms with Gasteiger partial charge in [-0.1, -0.05) is 24.0 Å². The average Bonchev–Trinajstić information content (AvgIpc) is 2.46. The van der Waals surface area contributed by atoms with Crippen molar-refractivity contribution in [1.82, 2.24) is 10.2 Å². The molecule has 0 aliphatic rings. The van der Waals surface area contributed by atoms with Crippen molar-refractivity contribution >= 4 is 6.03 Å². The maximum atomic E-state index is 12.0. The lowest BCUT2D eigenvalue weighted by Crippen LogP contribution is -2.40. The molecule has 0 aliphatic heterocycles. The van der Waals surface area contributed by atoms with Crippen LogP contribution in [-0.2, 0) is 0 Å². The Bertz CT molecular complexity index is 499. The number of benzene rings is 1. The number of carbonyl (C=O) groups is 1. The summed E-state index contributed by atoms with van der Waals surface area (Å²) >= 11 is 0. The summed E-state index contributed by atoms with van der Waals surface area (Å²) in [6, 6.07) is 7.52. The van der Waals surface area contributed by atoms with Crippen LogP contribution in [0.25, 0.3) is 0 Å². The second-order valence-corrected chi connectivity index (χ2v) is 4.43. The molecule has 0 spiro atoms. The Morgan fingerprint density at radius 2 is 2.10 bits per heavy atom. The molecule has 1 rings (SSSR count). The van der Waals surface area contributed by atoms with Gasteiger partial charge in [0.15, 0.2) is 0 Å². The third-order valence-corrected chi connectivity index (χ3v) is 3.09. The first kappa shape index (κ1) is 16.1. The molecule has 0 saturated heterocycles. The van der Waals surface area contributed by atoms with E-state index in [1.807, 2.05) is 45.0 Å². The molecule has 4 nitrogen and oxygen atoms in total. The summed E-state index contributed by atoms with van der Waals surface area (Å²) in [6.07, 6.45) is 0. The predicted octanol–water partition coefficient (Wildman–Crippen LogP) is 2.14. The van der Waals surface area contributed by atoms with E-state index in [1.165, 1.54) is 0 Å². The molecule has 1 atom stereocenters. The van der Waals surface area contributed by atoms with Crippen LogP contribution in [0.5, 0.6) is 0 Å². The van der Waals surface area contributed by atoms with E-state index in [1.54, 1.807) is 4.90 Å². The second-order valence-electron chi connectivity index (χ2n) is 4.43. The zero-order valence-electron chi connectivity index (χ0n) is 12.3. The molecule has 2 N–H and O–H groups in total. The molecular weight excluding hydrogens is 252 g/mol. The van der Waals surface area contributed by atoms with Gasteiger partial charge in [0.25, 0.3) is 0 Å². The smallest absolute Gasteiger partial charge is 0.317 e. The van der Waals surface area contributed by atoms with Gasteiger partial charge in [-0.3, -0.25) is 0 Å². The van der Waals surface area contributed by atoms with Gasteiger partial charge in [0.05, 0.1) is 6.04 Å². The van der Waals surface area contributed by atoms with Crippen molar-refractivity contribution < 1.29 is 9.90 Å². The number of nitrogens with one attached hydrogen (secondary N) is 1. The van der Waals surface area contributed by atoms with Gasteiger partial charge in [0.1, 0.15) is 6.61 Å². The first-order chi connectivity index (χ1) is 9.62. The fraction of sp³-hybridized carbons (Fsp3) is 0.438. The lowest BCUT2D eigenvalue weighted by Gasteiger charge is -2.22. The van der Waals surface area contributed by atoms with Gasteiger partial charge in [-0.15, -0.1) is 0 Å². The summed E-state index contributed by atoms with van der Waals surface area (Å²) < 4.78 is 0. The molecule has 20 heavy (non-hydrogen) atoms. The minimum Gasteiger partial charge on any atom is -0.384 e. The maximum absolute atomic E-state index is 12.0. The Morgan fingerprint density at radius 3 is 2.70 bits per heavy atom. The SMILES string of the molecule is CCN(CC)C(=O)NC(C)c1cccc(C#CCO)c1. The molecule has 1 aromatic carbocycles. The van der Waals surface area contributed by atoms with Gasteiger partial charge in [-0.25, -0.2) is 4.79 Å². The molecule has 0 fully saturated rings. The van der Waals surface area contributed by atoms with Gasteiger partial charge in [0, 0.05) is 18.7 Å². The topological polar surface area (TPSA) is 52.6 Å². The summed E-state index contributed by atoms with van der Waals surface area (Å²) in [6.45, 7) is 7.09. The highest BCUT2D eigenvalue weighted by molar-refractivity contribution is 5.74. The predicted molar refractivity (Wildman–Crippen MR) is 80.3 cm³/mol. The number of amides is 2. The van der Waals surface area contributed by atoms with E-state index in [4.69, 9.17) is 5.11 Å². The minimum absolute atomic E-state index is 0.0608. The third kappa shape index (κ3) is 4.60. The van der Waals surface area contributed by atoms with Crippen LogP contribution in [0, 0.1) is 11.8 Å². The van der Waals surface area contributed by atoms with E-state index in [2.05, 4.69) is 17.2 Å². The van der Waals surface area contributed by atoms with Gasteiger partial charge in [-0.05, 0) is 38.5 Å². The summed E-state index contributed by atoms with van der Waals surface area (Å²) in [5, 5.41) is 11.7. The quantitative estimate of drug-likeness (QED) is 0.827. The molecule has 1 unspecified atom stereocenters. The van der Waals surface area contributed by atoms with Crippen LogP contribution in [0.15, 0.2) is 24.3 Å². The average molecular weight is 274 g/mol. The van der Waals surface area contributed by atoms with Crippen LogP contribution in [0.1, 0.15) is 37.9 Å². The normalized spacial score (nSPS) is 11.2. The molecular formula is C16H22N2O2. The molecule has 4 heteroatoms. The number of aliphatic hydroxyl groups excluding tert-OH is 1. The zero-order chi connectivity index (χ0) is 15.0. The van der Waals surface area contributed by atoms with Crippen molar-refractivity contribution in [3.63, 3.8) is 0 Å². The molecule has 0 aliphatic carbocycles. The van der Waals surface area contributed by atoms with Crippen LogP contribution < -0.4 is 5.32 Å². The number of aliphatic hydroxyl groups is 1. The molecule has 0 radical (unpaired) electrons. The van der Waals surface area contributed by atoms with Crippen molar-refractivity contribution in [3.8, 4) is 11.8 Å². The molecule has 0 heterocycles. The Morgan fingerprint density at radius 1 is 1.40 bits per heavy atom. The van der Waals surface area contributed by atoms with Crippen molar-refractivity contribution in [2.24, 2.45) is 0 Å². The maximum Gasteiger partial charge on any atom is 0.317 e. The third-order valence-electron chi connectivity index (χ3n) is 3.09. The lowest BCUT2D eigenvalue weighted by molar-refractivity contribution is 0.200. The fourth-order valence-electron chi connectivity index (χ4n) is 1.90. The first-order valence-electron chi connectivity index (χ1n) is 6.87. The highest BCUT2D eigenvalue weighted by Crippen LogP contribution is 2.14. The lowest BCUT2D eigenvalue weighted by atomic mass is 10.1. The number of nitrogens with zero attached hydrogens (tertiary/aromatic N) is 1. The van der Waals surface area contributed by atoms with Gasteiger partial charge >= 0.3 is 6.03 Å². The van der Waals surface area contributed by atoms with Crippen molar-refractivity contribution in [2.75, 3.05) is 19.7 Å². The summed E-state index contributed by atoms with van der Waals surface area (Å²) in [4.78, 5) is 13.7. The Labute approximate surface area is 120 Å². The minimum atomic E-state index is -0.154. The van der Waals surface area contributed by atoms with Crippen LogP contribution in [0.2, 0.25) is 0 Å². The van der Waals surface area contributed by atoms with Gasteiger partial charge < -0.3 is 15.3 Å². The largest absolute Gasteiger partial charge is 0.384 e. The standard InChI is InChI=1S/C16H22N2O2/c1-4-18(5-2)16(20)17-13(3)15-10-6-8-14(12-15)9-7-11-19/h6,8,10,12-13,19H,4-5,11H2,1-3H3,(H,17,20). The number of hydrogen-bond acceptors (Lipinski definition) is 2. The first-order valence-corrected chi connectivity index (χ1v) is 6.87. The number of urea groups is 1. The van der Waals surface area contributed by atoms with E-state index in [0.29, 0.717) is 13.1 Å². The zero-order valence-corrected chi connectivity index (χ0v) is 12.3. The molecule has 0 aromatic heterocycles. The summed E-state index contributed by atoms with van der Waals surface area (Å²) in [5.74, 6) is 5.48. The molecule has 0 bridgehead atoms. The van der Waals surface area contributed by atoms with Crippen LogP contribution in [-0.4, -0.2) is 35.7 Å². The van der Waals surface area contributed by atoms with Crippen molar-refractivity contribution in [2.45, 2.75) is 26.8 Å². The molecule has 1 aromatic rings. The molecule has 2 amide bonds. The Kier molecular flexibility index (Phi) is 6.61. The molecule has 108 valence electrons. The van der Waals surface area contributed by atoms with E-state index < -0.39 is 0 Å².